The Morgan fingerprint density at radius 3 is 2.94 bits per heavy atom. The fourth-order valence-corrected chi connectivity index (χ4v) is 2.08. The molecule has 1 aromatic carbocycles. The van der Waals surface area contributed by atoms with E-state index in [2.05, 4.69) is 25.5 Å². The molecule has 0 atom stereocenters. The third-order valence-corrected chi connectivity index (χ3v) is 3.48. The van der Waals surface area contributed by atoms with Gasteiger partial charge in [-0.3, -0.25) is 0 Å². The number of hydrogen-bond acceptors (Lipinski definition) is 5. The summed E-state index contributed by atoms with van der Waals surface area (Å²) >= 11 is 9.83. The Labute approximate surface area is 119 Å². The van der Waals surface area contributed by atoms with Crippen LogP contribution in [0, 0.1) is 5.82 Å². The summed E-state index contributed by atoms with van der Waals surface area (Å²) in [5, 5.41) is 3.68. The van der Waals surface area contributed by atoms with E-state index in [1.165, 1.54) is 12.1 Å². The van der Waals surface area contributed by atoms with Gasteiger partial charge in [0.1, 0.15) is 22.5 Å². The number of esters is 1. The second kappa shape index (κ2) is 5.73. The average Bonchev–Trinajstić information content (AvgIpc) is 2.72. The summed E-state index contributed by atoms with van der Waals surface area (Å²) in [7, 11) is 0. The van der Waals surface area contributed by atoms with Crippen LogP contribution in [-0.4, -0.2) is 15.6 Å². The SMILES string of the molecule is O=C(OCc1nnsc1Cl)c1ccc(Br)cc1F. The highest BCUT2D eigenvalue weighted by atomic mass is 79.9. The van der Waals surface area contributed by atoms with E-state index in [4.69, 9.17) is 16.3 Å². The van der Waals surface area contributed by atoms with Gasteiger partial charge < -0.3 is 4.74 Å². The molecule has 0 unspecified atom stereocenters. The van der Waals surface area contributed by atoms with Crippen LogP contribution in [0.4, 0.5) is 4.39 Å². The van der Waals surface area contributed by atoms with Crippen LogP contribution in [0.15, 0.2) is 22.7 Å². The molecular formula is C10H5BrClFN2O2S. The van der Waals surface area contributed by atoms with Gasteiger partial charge in [0.15, 0.2) is 0 Å². The largest absolute Gasteiger partial charge is 0.455 e. The molecule has 2 rings (SSSR count). The summed E-state index contributed by atoms with van der Waals surface area (Å²) in [6, 6.07) is 4.08. The van der Waals surface area contributed by atoms with E-state index in [0.717, 1.165) is 11.5 Å². The molecule has 94 valence electrons. The zero-order valence-electron chi connectivity index (χ0n) is 8.69. The van der Waals surface area contributed by atoms with Gasteiger partial charge in [-0.1, -0.05) is 32.0 Å². The molecule has 1 aromatic heterocycles. The minimum Gasteiger partial charge on any atom is -0.455 e. The monoisotopic (exact) mass is 350 g/mol. The number of halogens is 3. The molecule has 2 aromatic rings. The Kier molecular flexibility index (Phi) is 4.26. The molecule has 0 aliphatic heterocycles. The lowest BCUT2D eigenvalue weighted by Crippen LogP contribution is -2.08. The molecule has 0 radical (unpaired) electrons. The molecule has 0 N–H and O–H groups in total. The highest BCUT2D eigenvalue weighted by Crippen LogP contribution is 2.20. The highest BCUT2D eigenvalue weighted by Gasteiger charge is 2.15. The van der Waals surface area contributed by atoms with Crippen molar-refractivity contribution in [2.24, 2.45) is 0 Å². The number of hydrogen-bond donors (Lipinski definition) is 0. The number of aromatic nitrogens is 2. The van der Waals surface area contributed by atoms with Crippen LogP contribution in [-0.2, 0) is 11.3 Å². The van der Waals surface area contributed by atoms with Crippen LogP contribution in [0.2, 0.25) is 4.34 Å². The van der Waals surface area contributed by atoms with E-state index in [1.807, 2.05) is 0 Å². The van der Waals surface area contributed by atoms with Gasteiger partial charge in [0.05, 0.1) is 5.56 Å². The van der Waals surface area contributed by atoms with Crippen LogP contribution < -0.4 is 0 Å². The van der Waals surface area contributed by atoms with Gasteiger partial charge >= 0.3 is 5.97 Å². The van der Waals surface area contributed by atoms with Crippen molar-refractivity contribution in [2.45, 2.75) is 6.61 Å². The summed E-state index contributed by atoms with van der Waals surface area (Å²) < 4.78 is 22.8. The van der Waals surface area contributed by atoms with E-state index in [9.17, 15) is 9.18 Å². The summed E-state index contributed by atoms with van der Waals surface area (Å²) in [4.78, 5) is 11.6. The molecule has 0 saturated heterocycles. The van der Waals surface area contributed by atoms with Crippen LogP contribution in [0.3, 0.4) is 0 Å². The van der Waals surface area contributed by atoms with Gasteiger partial charge in [-0.2, -0.15) is 0 Å². The molecule has 0 amide bonds. The van der Waals surface area contributed by atoms with Gasteiger partial charge in [0.2, 0.25) is 0 Å². The quantitative estimate of drug-likeness (QED) is 0.795. The fourth-order valence-electron chi connectivity index (χ4n) is 1.15. The number of carbonyl (C=O) groups is 1. The van der Waals surface area contributed by atoms with Crippen LogP contribution in [0.5, 0.6) is 0 Å². The smallest absolute Gasteiger partial charge is 0.341 e. The first-order valence-electron chi connectivity index (χ1n) is 4.67. The molecule has 0 aliphatic rings. The van der Waals surface area contributed by atoms with Gasteiger partial charge in [-0.05, 0) is 18.2 Å². The van der Waals surface area contributed by atoms with E-state index in [-0.39, 0.29) is 12.2 Å². The standard InChI is InChI=1S/C10H5BrClFN2O2S/c11-5-1-2-6(7(13)3-5)10(16)17-4-8-9(12)18-15-14-8/h1-3H,4H2. The van der Waals surface area contributed by atoms with E-state index in [0.29, 0.717) is 14.5 Å². The van der Waals surface area contributed by atoms with Crippen LogP contribution in [0.1, 0.15) is 16.1 Å². The molecule has 4 nitrogen and oxygen atoms in total. The normalized spacial score (nSPS) is 10.4. The average molecular weight is 352 g/mol. The van der Waals surface area contributed by atoms with Crippen molar-refractivity contribution < 1.29 is 13.9 Å². The first-order chi connectivity index (χ1) is 8.58. The minimum atomic E-state index is -0.774. The molecule has 18 heavy (non-hydrogen) atoms. The van der Waals surface area contributed by atoms with Crippen molar-refractivity contribution in [3.8, 4) is 0 Å². The van der Waals surface area contributed by atoms with Crippen molar-refractivity contribution in [3.63, 3.8) is 0 Å². The van der Waals surface area contributed by atoms with E-state index < -0.39 is 11.8 Å². The topological polar surface area (TPSA) is 52.1 Å². The molecular weight excluding hydrogens is 347 g/mol. The Balaban J connectivity index is 2.06. The van der Waals surface area contributed by atoms with Gasteiger partial charge in [-0.15, -0.1) is 5.10 Å². The lowest BCUT2D eigenvalue weighted by Gasteiger charge is -2.04. The Morgan fingerprint density at radius 2 is 2.33 bits per heavy atom. The van der Waals surface area contributed by atoms with Gasteiger partial charge in [-0.25, -0.2) is 9.18 Å². The highest BCUT2D eigenvalue weighted by molar-refractivity contribution is 9.10. The fraction of sp³-hybridized carbons (Fsp3) is 0.100. The molecule has 0 saturated carbocycles. The summed E-state index contributed by atoms with van der Waals surface area (Å²) in [5.74, 6) is -1.43. The predicted molar refractivity (Wildman–Crippen MR) is 68.1 cm³/mol. The Bertz CT molecular complexity index is 593. The Morgan fingerprint density at radius 1 is 1.56 bits per heavy atom. The molecule has 0 spiro atoms. The zero-order valence-corrected chi connectivity index (χ0v) is 11.9. The zero-order chi connectivity index (χ0) is 13.1. The van der Waals surface area contributed by atoms with E-state index in [1.54, 1.807) is 6.07 Å². The third-order valence-electron chi connectivity index (χ3n) is 2.00. The van der Waals surface area contributed by atoms with Crippen molar-refractivity contribution in [3.05, 3.63) is 44.1 Å². The molecule has 1 heterocycles. The van der Waals surface area contributed by atoms with Crippen molar-refractivity contribution in [1.29, 1.82) is 0 Å². The Hall–Kier alpha value is -1.05. The minimum absolute atomic E-state index is 0.135. The molecule has 8 heteroatoms. The van der Waals surface area contributed by atoms with Crippen LogP contribution >= 0.6 is 39.1 Å². The van der Waals surface area contributed by atoms with Crippen LogP contribution in [0.25, 0.3) is 0 Å². The van der Waals surface area contributed by atoms with Crippen molar-refractivity contribution in [2.75, 3.05) is 0 Å². The molecule has 0 fully saturated rings. The second-order valence-electron chi connectivity index (χ2n) is 3.19. The number of benzene rings is 1. The van der Waals surface area contributed by atoms with Gasteiger partial charge in [0.25, 0.3) is 0 Å². The lowest BCUT2D eigenvalue weighted by molar-refractivity contribution is 0.0462. The second-order valence-corrected chi connectivity index (χ2v) is 5.47. The van der Waals surface area contributed by atoms with Crippen molar-refractivity contribution >= 4 is 45.0 Å². The first-order valence-corrected chi connectivity index (χ1v) is 6.61. The summed E-state index contributed by atoms with van der Waals surface area (Å²) in [6.07, 6.45) is 0. The maximum Gasteiger partial charge on any atom is 0.341 e. The third kappa shape index (κ3) is 3.04. The predicted octanol–water partition coefficient (Wildman–Crippen LogP) is 3.45. The maximum atomic E-state index is 13.5. The number of rotatable bonds is 3. The number of carbonyl (C=O) groups excluding carboxylic acids is 1. The summed E-state index contributed by atoms with van der Waals surface area (Å²) in [6.45, 7) is -0.135. The van der Waals surface area contributed by atoms with Gasteiger partial charge in [0, 0.05) is 16.0 Å². The lowest BCUT2D eigenvalue weighted by atomic mass is 10.2. The number of nitrogens with zero attached hydrogens (tertiary/aromatic N) is 2. The van der Waals surface area contributed by atoms with E-state index >= 15 is 0 Å². The van der Waals surface area contributed by atoms with Crippen molar-refractivity contribution in [1.82, 2.24) is 9.59 Å². The molecule has 0 bridgehead atoms. The number of ether oxygens (including phenoxy) is 1. The summed E-state index contributed by atoms with van der Waals surface area (Å²) in [5.41, 5.74) is 0.213. The maximum absolute atomic E-state index is 13.5. The molecule has 0 aliphatic carbocycles. The first kappa shape index (κ1) is 13.4.